The molecule has 2 N–H and O–H groups in total. The first-order valence-corrected chi connectivity index (χ1v) is 7.36. The Kier molecular flexibility index (Phi) is 5.63. The van der Waals surface area contributed by atoms with Crippen LogP contribution in [0.15, 0.2) is 41.0 Å². The quantitative estimate of drug-likeness (QED) is 0.908. The lowest BCUT2D eigenvalue weighted by molar-refractivity contribution is -0.114. The Hall–Kier alpha value is -1.78. The average Bonchev–Trinajstić information content (AvgIpc) is 2.98. The molecule has 22 heavy (non-hydrogen) atoms. The van der Waals surface area contributed by atoms with Gasteiger partial charge in [0.25, 0.3) is 0 Å². The number of hydrogen-bond acceptors (Lipinski definition) is 3. The van der Waals surface area contributed by atoms with E-state index < -0.39 is 0 Å². The van der Waals surface area contributed by atoms with Crippen LogP contribution in [0.2, 0.25) is 0 Å². The number of hydrogen-bond donors (Lipinski definition) is 2. The van der Waals surface area contributed by atoms with Gasteiger partial charge in [-0.25, -0.2) is 0 Å². The summed E-state index contributed by atoms with van der Waals surface area (Å²) >= 11 is 0. The second kappa shape index (κ2) is 7.47. The predicted octanol–water partition coefficient (Wildman–Crippen LogP) is 3.31. The normalized spacial score (nSPS) is 16.5. The molecular formula is C17H21ClN2O2. The summed E-state index contributed by atoms with van der Waals surface area (Å²) in [4.78, 5) is 11.3. The van der Waals surface area contributed by atoms with Crippen molar-refractivity contribution in [2.45, 2.75) is 38.8 Å². The zero-order valence-corrected chi connectivity index (χ0v) is 13.4. The molecule has 1 aliphatic rings. The highest BCUT2D eigenvalue weighted by Crippen LogP contribution is 2.28. The highest BCUT2D eigenvalue weighted by molar-refractivity contribution is 5.89. The Morgan fingerprint density at radius 3 is 2.91 bits per heavy atom. The number of carbonyl (C=O) groups excluding carboxylic acids is 1. The van der Waals surface area contributed by atoms with Gasteiger partial charge in [0.1, 0.15) is 5.76 Å². The van der Waals surface area contributed by atoms with Gasteiger partial charge in [-0.1, -0.05) is 12.1 Å². The number of fused-ring (bicyclic) bond motifs is 1. The van der Waals surface area contributed by atoms with Crippen LogP contribution in [-0.2, 0) is 24.2 Å². The van der Waals surface area contributed by atoms with E-state index in [4.69, 9.17) is 4.42 Å². The first-order valence-electron chi connectivity index (χ1n) is 7.36. The number of rotatable bonds is 4. The molecule has 0 radical (unpaired) electrons. The fourth-order valence-electron chi connectivity index (χ4n) is 2.95. The fourth-order valence-corrected chi connectivity index (χ4v) is 2.95. The lowest BCUT2D eigenvalue weighted by Crippen LogP contribution is -2.34. The Morgan fingerprint density at radius 1 is 1.32 bits per heavy atom. The number of carbonyl (C=O) groups is 1. The number of furan rings is 1. The first-order chi connectivity index (χ1) is 10.2. The summed E-state index contributed by atoms with van der Waals surface area (Å²) in [7, 11) is 0. The van der Waals surface area contributed by atoms with Crippen LogP contribution in [0.3, 0.4) is 0 Å². The maximum atomic E-state index is 11.3. The molecule has 1 atom stereocenters. The van der Waals surface area contributed by atoms with Gasteiger partial charge in [-0.2, -0.15) is 0 Å². The highest BCUT2D eigenvalue weighted by atomic mass is 35.5. The van der Waals surface area contributed by atoms with Gasteiger partial charge in [-0.3, -0.25) is 4.79 Å². The van der Waals surface area contributed by atoms with Crippen molar-refractivity contribution in [3.63, 3.8) is 0 Å². The van der Waals surface area contributed by atoms with Crippen LogP contribution in [-0.4, -0.2) is 11.9 Å². The van der Waals surface area contributed by atoms with E-state index in [0.717, 1.165) is 37.3 Å². The minimum atomic E-state index is -0.0125. The van der Waals surface area contributed by atoms with E-state index in [2.05, 4.69) is 16.7 Å². The van der Waals surface area contributed by atoms with E-state index in [1.165, 1.54) is 11.1 Å². The minimum Gasteiger partial charge on any atom is -0.468 e. The second-order valence-corrected chi connectivity index (χ2v) is 5.52. The molecule has 0 spiro atoms. The largest absolute Gasteiger partial charge is 0.468 e. The van der Waals surface area contributed by atoms with Crippen molar-refractivity contribution < 1.29 is 9.21 Å². The molecule has 2 aromatic rings. The summed E-state index contributed by atoms with van der Waals surface area (Å²) < 4.78 is 5.35. The van der Waals surface area contributed by atoms with Crippen molar-refractivity contribution in [2.75, 3.05) is 5.32 Å². The summed E-state index contributed by atoms with van der Waals surface area (Å²) in [5, 5.41) is 6.47. The van der Waals surface area contributed by atoms with Crippen LogP contribution < -0.4 is 10.6 Å². The molecule has 1 amide bonds. The van der Waals surface area contributed by atoms with E-state index in [0.29, 0.717) is 6.04 Å². The molecule has 1 aliphatic carbocycles. The van der Waals surface area contributed by atoms with Gasteiger partial charge in [-0.05, 0) is 48.6 Å². The summed E-state index contributed by atoms with van der Waals surface area (Å²) in [5.74, 6) is 0.953. The lowest BCUT2D eigenvalue weighted by atomic mass is 9.87. The van der Waals surface area contributed by atoms with Gasteiger partial charge in [-0.15, -0.1) is 12.4 Å². The molecule has 118 valence electrons. The molecule has 0 saturated carbocycles. The Bertz CT molecular complexity index is 626. The van der Waals surface area contributed by atoms with Crippen LogP contribution in [0.1, 0.15) is 30.2 Å². The molecule has 0 aliphatic heterocycles. The van der Waals surface area contributed by atoms with Crippen molar-refractivity contribution in [3.8, 4) is 0 Å². The topological polar surface area (TPSA) is 54.3 Å². The van der Waals surface area contributed by atoms with Gasteiger partial charge >= 0.3 is 0 Å². The van der Waals surface area contributed by atoms with E-state index in [1.807, 2.05) is 24.3 Å². The second-order valence-electron chi connectivity index (χ2n) is 5.52. The van der Waals surface area contributed by atoms with Gasteiger partial charge in [0.05, 0.1) is 12.8 Å². The van der Waals surface area contributed by atoms with Crippen LogP contribution in [0.25, 0.3) is 0 Å². The Labute approximate surface area is 136 Å². The number of benzene rings is 1. The third-order valence-electron chi connectivity index (χ3n) is 3.94. The van der Waals surface area contributed by atoms with Crippen molar-refractivity contribution in [2.24, 2.45) is 0 Å². The summed E-state index contributed by atoms with van der Waals surface area (Å²) in [6.07, 6.45) is 4.75. The summed E-state index contributed by atoms with van der Waals surface area (Å²) in [6.45, 7) is 2.31. The lowest BCUT2D eigenvalue weighted by Gasteiger charge is -2.27. The molecule has 0 saturated heterocycles. The smallest absolute Gasteiger partial charge is 0.221 e. The van der Waals surface area contributed by atoms with Gasteiger partial charge < -0.3 is 15.1 Å². The maximum Gasteiger partial charge on any atom is 0.221 e. The number of amides is 1. The summed E-state index contributed by atoms with van der Waals surface area (Å²) in [5.41, 5.74) is 3.57. The molecule has 0 fully saturated rings. The van der Waals surface area contributed by atoms with Crippen LogP contribution in [0.5, 0.6) is 0 Å². The molecule has 4 nitrogen and oxygen atoms in total. The van der Waals surface area contributed by atoms with Crippen molar-refractivity contribution in [3.05, 3.63) is 53.5 Å². The minimum absolute atomic E-state index is 0. The first kappa shape index (κ1) is 16.6. The van der Waals surface area contributed by atoms with Gasteiger partial charge in [0.2, 0.25) is 5.91 Å². The highest BCUT2D eigenvalue weighted by Gasteiger charge is 2.20. The van der Waals surface area contributed by atoms with E-state index in [1.54, 1.807) is 13.2 Å². The molecular weight excluding hydrogens is 300 g/mol. The van der Waals surface area contributed by atoms with Crippen molar-refractivity contribution in [1.29, 1.82) is 0 Å². The SMILES string of the molecule is CC(=O)Nc1cccc2c1CCC(NCc1ccco1)C2.Cl. The predicted molar refractivity (Wildman–Crippen MR) is 89.4 cm³/mol. The van der Waals surface area contributed by atoms with E-state index in [9.17, 15) is 4.79 Å². The molecule has 3 rings (SSSR count). The number of anilines is 1. The molecule has 0 bridgehead atoms. The fraction of sp³-hybridized carbons (Fsp3) is 0.353. The summed E-state index contributed by atoms with van der Waals surface area (Å²) in [6, 6.07) is 10.5. The Morgan fingerprint density at radius 2 is 2.18 bits per heavy atom. The maximum absolute atomic E-state index is 11.3. The zero-order valence-electron chi connectivity index (χ0n) is 12.6. The van der Waals surface area contributed by atoms with Crippen molar-refractivity contribution >= 4 is 24.0 Å². The number of halogens is 1. The zero-order chi connectivity index (χ0) is 14.7. The van der Waals surface area contributed by atoms with Crippen LogP contribution in [0, 0.1) is 0 Å². The van der Waals surface area contributed by atoms with Crippen molar-refractivity contribution in [1.82, 2.24) is 5.32 Å². The third kappa shape index (κ3) is 3.90. The Balaban J connectivity index is 0.00000176. The molecule has 1 aromatic carbocycles. The number of nitrogens with one attached hydrogen (secondary N) is 2. The van der Waals surface area contributed by atoms with Gasteiger partial charge in [0.15, 0.2) is 0 Å². The molecule has 1 unspecified atom stereocenters. The standard InChI is InChI=1S/C17H20N2O2.ClH/c1-12(20)19-17-6-2-4-13-10-14(7-8-16(13)17)18-11-15-5-3-9-21-15;/h2-6,9,14,18H,7-8,10-11H2,1H3,(H,19,20);1H. The monoisotopic (exact) mass is 320 g/mol. The molecule has 5 heteroatoms. The van der Waals surface area contributed by atoms with Crippen LogP contribution >= 0.6 is 12.4 Å². The van der Waals surface area contributed by atoms with Gasteiger partial charge in [0, 0.05) is 18.7 Å². The molecule has 1 aromatic heterocycles. The third-order valence-corrected chi connectivity index (χ3v) is 3.94. The molecule has 1 heterocycles. The van der Waals surface area contributed by atoms with E-state index in [-0.39, 0.29) is 18.3 Å². The average molecular weight is 321 g/mol. The van der Waals surface area contributed by atoms with Crippen LogP contribution in [0.4, 0.5) is 5.69 Å². The van der Waals surface area contributed by atoms with E-state index >= 15 is 0 Å².